The molecule has 2 aliphatic rings. The summed E-state index contributed by atoms with van der Waals surface area (Å²) in [4.78, 5) is 2.52. The molecule has 0 aromatic heterocycles. The summed E-state index contributed by atoms with van der Waals surface area (Å²) in [6.07, 6.45) is 0. The van der Waals surface area contributed by atoms with Gasteiger partial charge in [-0.1, -0.05) is 194 Å². The fraction of sp³-hybridized carbons (Fsp3) is 0.0175. The second kappa shape index (κ2) is 12.8. The van der Waals surface area contributed by atoms with Gasteiger partial charge in [0.2, 0.25) is 0 Å². The Labute approximate surface area is 338 Å². The SMILES string of the molecule is c1ccc(-c2ccc(N(c3ccccc3)c3cc4c(c5ccccc35)-c3ccc5ccccc5c3C43c4ccccc4-c4ccccc43)c(-c3ccccc3)c2)cc1. The van der Waals surface area contributed by atoms with E-state index in [4.69, 9.17) is 0 Å². The van der Waals surface area contributed by atoms with Crippen LogP contribution in [0.15, 0.2) is 224 Å². The van der Waals surface area contributed by atoms with E-state index < -0.39 is 5.41 Å². The molecule has 0 amide bonds. The van der Waals surface area contributed by atoms with Crippen molar-refractivity contribution >= 4 is 38.6 Å². The maximum atomic E-state index is 2.55. The zero-order valence-electron chi connectivity index (χ0n) is 31.8. The maximum absolute atomic E-state index is 2.55. The van der Waals surface area contributed by atoms with Crippen LogP contribution >= 0.6 is 0 Å². The summed E-state index contributed by atoms with van der Waals surface area (Å²) in [5.74, 6) is 0. The van der Waals surface area contributed by atoms with Gasteiger partial charge in [-0.05, 0) is 108 Å². The van der Waals surface area contributed by atoms with Crippen LogP contribution in [0.1, 0.15) is 22.3 Å². The first-order chi connectivity index (χ1) is 28.8. The van der Waals surface area contributed by atoms with Crippen LogP contribution in [0, 0.1) is 0 Å². The molecule has 1 nitrogen and oxygen atoms in total. The van der Waals surface area contributed by atoms with E-state index in [1.165, 1.54) is 88.3 Å². The standard InChI is InChI=1S/C57H37N/c1-4-18-38(19-5-1)41-33-35-53(49(36-41)39-20-6-2-7-21-39)58(42-23-8-3-9-24-42)54-37-52-55(47-29-13-12-28-46(47)54)48-34-32-40-22-10-11-25-43(40)56(48)57(52)50-30-16-14-26-44(50)45-27-15-17-31-51(45)57/h1-37H. The molecule has 0 aliphatic heterocycles. The minimum absolute atomic E-state index is 0.528. The molecule has 1 heteroatoms. The number of para-hydroxylation sites is 1. The van der Waals surface area contributed by atoms with Crippen LogP contribution in [-0.2, 0) is 5.41 Å². The van der Waals surface area contributed by atoms with Crippen molar-refractivity contribution in [2.24, 2.45) is 0 Å². The summed E-state index contributed by atoms with van der Waals surface area (Å²) in [7, 11) is 0. The van der Waals surface area contributed by atoms with Crippen molar-refractivity contribution in [1.29, 1.82) is 0 Å². The van der Waals surface area contributed by atoms with E-state index >= 15 is 0 Å². The second-order valence-electron chi connectivity index (χ2n) is 15.5. The summed E-state index contributed by atoms with van der Waals surface area (Å²) in [6.45, 7) is 0. The Morgan fingerprint density at radius 2 is 0.879 bits per heavy atom. The number of rotatable bonds is 5. The number of hydrogen-bond donors (Lipinski definition) is 0. The zero-order chi connectivity index (χ0) is 38.2. The lowest BCUT2D eigenvalue weighted by molar-refractivity contribution is 0.802. The minimum atomic E-state index is -0.528. The summed E-state index contributed by atoms with van der Waals surface area (Å²) >= 11 is 0. The number of nitrogens with zero attached hydrogens (tertiary/aromatic N) is 1. The van der Waals surface area contributed by atoms with E-state index in [9.17, 15) is 0 Å². The van der Waals surface area contributed by atoms with Gasteiger partial charge in [-0.3, -0.25) is 0 Å². The predicted molar refractivity (Wildman–Crippen MR) is 243 cm³/mol. The van der Waals surface area contributed by atoms with Crippen LogP contribution in [0.2, 0.25) is 0 Å². The van der Waals surface area contributed by atoms with Crippen molar-refractivity contribution in [2.75, 3.05) is 4.90 Å². The van der Waals surface area contributed by atoms with Gasteiger partial charge in [0.1, 0.15) is 0 Å². The minimum Gasteiger partial charge on any atom is -0.309 e. The molecule has 0 heterocycles. The van der Waals surface area contributed by atoms with Crippen LogP contribution < -0.4 is 4.90 Å². The molecule has 0 radical (unpaired) electrons. The summed E-state index contributed by atoms with van der Waals surface area (Å²) in [5, 5.41) is 5.04. The molecule has 0 saturated carbocycles. The van der Waals surface area contributed by atoms with E-state index in [0.29, 0.717) is 0 Å². The average Bonchev–Trinajstić information content (AvgIpc) is 3.78. The lowest BCUT2D eigenvalue weighted by atomic mass is 9.69. The molecule has 0 atom stereocenters. The number of hydrogen-bond acceptors (Lipinski definition) is 1. The molecule has 10 aromatic carbocycles. The second-order valence-corrected chi connectivity index (χ2v) is 15.5. The Kier molecular flexibility index (Phi) is 7.21. The summed E-state index contributed by atoms with van der Waals surface area (Å²) in [5.41, 5.74) is 18.3. The van der Waals surface area contributed by atoms with Gasteiger partial charge in [0, 0.05) is 16.6 Å². The fourth-order valence-electron chi connectivity index (χ4n) is 10.3. The topological polar surface area (TPSA) is 3.24 Å². The van der Waals surface area contributed by atoms with Gasteiger partial charge in [-0.25, -0.2) is 0 Å². The first-order valence-corrected chi connectivity index (χ1v) is 20.2. The molecule has 58 heavy (non-hydrogen) atoms. The smallest absolute Gasteiger partial charge is 0.0732 e. The molecule has 1 spiro atoms. The normalized spacial score (nSPS) is 13.0. The highest BCUT2D eigenvalue weighted by Crippen LogP contribution is 2.66. The van der Waals surface area contributed by atoms with Crippen molar-refractivity contribution in [3.05, 3.63) is 247 Å². The predicted octanol–water partition coefficient (Wildman–Crippen LogP) is 15.1. The summed E-state index contributed by atoms with van der Waals surface area (Å²) < 4.78 is 0. The van der Waals surface area contributed by atoms with Crippen molar-refractivity contribution in [3.63, 3.8) is 0 Å². The number of benzene rings is 10. The molecule has 270 valence electrons. The van der Waals surface area contributed by atoms with Gasteiger partial charge in [0.25, 0.3) is 0 Å². The van der Waals surface area contributed by atoms with E-state index in [-0.39, 0.29) is 0 Å². The molecule has 2 aliphatic carbocycles. The van der Waals surface area contributed by atoms with E-state index in [1.54, 1.807) is 0 Å². The molecule has 0 fully saturated rings. The van der Waals surface area contributed by atoms with Crippen molar-refractivity contribution < 1.29 is 0 Å². The maximum Gasteiger partial charge on any atom is 0.0732 e. The van der Waals surface area contributed by atoms with Crippen LogP contribution in [-0.4, -0.2) is 0 Å². The van der Waals surface area contributed by atoms with Gasteiger partial charge in [-0.2, -0.15) is 0 Å². The third-order valence-electron chi connectivity index (χ3n) is 12.6. The number of anilines is 3. The van der Waals surface area contributed by atoms with Gasteiger partial charge in [-0.15, -0.1) is 0 Å². The fourth-order valence-corrected chi connectivity index (χ4v) is 10.3. The first-order valence-electron chi connectivity index (χ1n) is 20.2. The molecule has 10 aromatic rings. The Bertz CT molecular complexity index is 3170. The lowest BCUT2D eigenvalue weighted by Crippen LogP contribution is -2.26. The third kappa shape index (κ3) is 4.59. The van der Waals surface area contributed by atoms with Gasteiger partial charge < -0.3 is 4.90 Å². The van der Waals surface area contributed by atoms with Gasteiger partial charge in [0.05, 0.1) is 16.8 Å². The Morgan fingerprint density at radius 1 is 0.310 bits per heavy atom. The average molecular weight is 736 g/mol. The van der Waals surface area contributed by atoms with Gasteiger partial charge >= 0.3 is 0 Å². The monoisotopic (exact) mass is 735 g/mol. The highest BCUT2D eigenvalue weighted by Gasteiger charge is 2.53. The molecule has 12 rings (SSSR count). The first kappa shape index (κ1) is 32.7. The quantitative estimate of drug-likeness (QED) is 0.170. The Hall–Kier alpha value is -7.48. The van der Waals surface area contributed by atoms with E-state index in [2.05, 4.69) is 229 Å². The lowest BCUT2D eigenvalue weighted by Gasteiger charge is -2.34. The van der Waals surface area contributed by atoms with Gasteiger partial charge in [0.15, 0.2) is 0 Å². The Balaban J connectivity index is 1.23. The highest BCUT2D eigenvalue weighted by molar-refractivity contribution is 6.15. The Morgan fingerprint density at radius 3 is 1.59 bits per heavy atom. The largest absolute Gasteiger partial charge is 0.309 e. The third-order valence-corrected chi connectivity index (χ3v) is 12.6. The summed E-state index contributed by atoms with van der Waals surface area (Å²) in [6, 6.07) is 83.1. The molecule has 0 saturated heterocycles. The molecule has 0 unspecified atom stereocenters. The van der Waals surface area contributed by atoms with Crippen LogP contribution in [0.4, 0.5) is 17.1 Å². The van der Waals surface area contributed by atoms with E-state index in [0.717, 1.165) is 17.1 Å². The molecular weight excluding hydrogens is 699 g/mol. The molecule has 0 bridgehead atoms. The molecule has 0 N–H and O–H groups in total. The van der Waals surface area contributed by atoms with Crippen LogP contribution in [0.3, 0.4) is 0 Å². The van der Waals surface area contributed by atoms with E-state index in [1.807, 2.05) is 0 Å². The number of fused-ring (bicyclic) bond motifs is 14. The van der Waals surface area contributed by atoms with Crippen LogP contribution in [0.25, 0.3) is 66.1 Å². The zero-order valence-corrected chi connectivity index (χ0v) is 31.8. The van der Waals surface area contributed by atoms with Crippen molar-refractivity contribution in [2.45, 2.75) is 5.41 Å². The van der Waals surface area contributed by atoms with Crippen molar-refractivity contribution in [1.82, 2.24) is 0 Å². The van der Waals surface area contributed by atoms with Crippen LogP contribution in [0.5, 0.6) is 0 Å². The highest BCUT2D eigenvalue weighted by atomic mass is 15.1. The molecular formula is C57H37N. The van der Waals surface area contributed by atoms with Crippen molar-refractivity contribution in [3.8, 4) is 44.5 Å².